The molecule has 1 N–H and O–H groups in total. The second-order valence-electron chi connectivity index (χ2n) is 8.54. The van der Waals surface area contributed by atoms with E-state index in [1.807, 2.05) is 38.1 Å². The first-order chi connectivity index (χ1) is 15.9. The SMILES string of the molecule is COc1ccc(C(O)=C2C(=O)C(=O)N(CCN3CCOCC3)[C@@H]2c2ccc(C)cc2)cc1C. The van der Waals surface area contributed by atoms with E-state index >= 15 is 0 Å². The number of Topliss-reactive ketones (excluding diaryl/α,β-unsaturated/α-hetero) is 1. The fourth-order valence-corrected chi connectivity index (χ4v) is 4.46. The maximum absolute atomic E-state index is 13.2. The first kappa shape index (κ1) is 23.0. The Bertz CT molecular complexity index is 1070. The van der Waals surface area contributed by atoms with E-state index in [4.69, 9.17) is 9.47 Å². The molecular formula is C26H30N2O5. The van der Waals surface area contributed by atoms with E-state index in [0.29, 0.717) is 37.6 Å². The molecule has 174 valence electrons. The van der Waals surface area contributed by atoms with Gasteiger partial charge in [-0.05, 0) is 43.2 Å². The molecule has 0 radical (unpaired) electrons. The lowest BCUT2D eigenvalue weighted by atomic mass is 9.94. The zero-order valence-electron chi connectivity index (χ0n) is 19.3. The van der Waals surface area contributed by atoms with Crippen molar-refractivity contribution >= 4 is 17.4 Å². The van der Waals surface area contributed by atoms with Gasteiger partial charge in [-0.25, -0.2) is 0 Å². The smallest absolute Gasteiger partial charge is 0.295 e. The number of benzene rings is 2. The summed E-state index contributed by atoms with van der Waals surface area (Å²) in [5.74, 6) is -0.722. The van der Waals surface area contributed by atoms with Gasteiger partial charge in [0.15, 0.2) is 0 Å². The summed E-state index contributed by atoms with van der Waals surface area (Å²) in [6.45, 7) is 7.80. The minimum atomic E-state index is -0.659. The van der Waals surface area contributed by atoms with Crippen molar-refractivity contribution in [2.75, 3.05) is 46.5 Å². The number of ketones is 1. The van der Waals surface area contributed by atoms with Crippen LogP contribution in [0.5, 0.6) is 5.75 Å². The van der Waals surface area contributed by atoms with E-state index in [1.165, 1.54) is 0 Å². The van der Waals surface area contributed by atoms with E-state index in [1.54, 1.807) is 30.2 Å². The number of aliphatic hydroxyl groups is 1. The van der Waals surface area contributed by atoms with Gasteiger partial charge < -0.3 is 19.5 Å². The average molecular weight is 451 g/mol. The third kappa shape index (κ3) is 4.65. The van der Waals surface area contributed by atoms with Gasteiger partial charge >= 0.3 is 0 Å². The number of rotatable bonds is 6. The van der Waals surface area contributed by atoms with Gasteiger partial charge in [0.2, 0.25) is 0 Å². The van der Waals surface area contributed by atoms with Gasteiger partial charge in [-0.15, -0.1) is 0 Å². The molecule has 33 heavy (non-hydrogen) atoms. The van der Waals surface area contributed by atoms with Crippen molar-refractivity contribution < 1.29 is 24.2 Å². The molecule has 2 aromatic carbocycles. The molecule has 7 heteroatoms. The zero-order valence-corrected chi connectivity index (χ0v) is 19.3. The van der Waals surface area contributed by atoms with E-state index in [-0.39, 0.29) is 11.3 Å². The first-order valence-corrected chi connectivity index (χ1v) is 11.2. The van der Waals surface area contributed by atoms with E-state index in [9.17, 15) is 14.7 Å². The van der Waals surface area contributed by atoms with Crippen LogP contribution in [0.3, 0.4) is 0 Å². The largest absolute Gasteiger partial charge is 0.507 e. The van der Waals surface area contributed by atoms with Gasteiger partial charge in [0, 0.05) is 31.7 Å². The Balaban J connectivity index is 1.74. The van der Waals surface area contributed by atoms with Crippen LogP contribution in [-0.4, -0.2) is 73.1 Å². The Hall–Kier alpha value is -3.16. The summed E-state index contributed by atoms with van der Waals surface area (Å²) in [5.41, 5.74) is 3.31. The molecule has 2 aliphatic rings. The van der Waals surface area contributed by atoms with Crippen LogP contribution < -0.4 is 4.74 Å². The number of morpholine rings is 1. The number of nitrogens with zero attached hydrogens (tertiary/aromatic N) is 2. The summed E-state index contributed by atoms with van der Waals surface area (Å²) < 4.78 is 10.7. The molecule has 7 nitrogen and oxygen atoms in total. The molecule has 0 aromatic heterocycles. The molecule has 4 rings (SSSR count). The van der Waals surface area contributed by atoms with Gasteiger partial charge in [-0.3, -0.25) is 14.5 Å². The van der Waals surface area contributed by atoms with Gasteiger partial charge in [0.05, 0.1) is 31.9 Å². The van der Waals surface area contributed by atoms with Crippen LogP contribution in [-0.2, 0) is 14.3 Å². The molecule has 0 bridgehead atoms. The predicted octanol–water partition coefficient (Wildman–Crippen LogP) is 3.07. The van der Waals surface area contributed by atoms with Crippen molar-refractivity contribution in [3.05, 3.63) is 70.3 Å². The van der Waals surface area contributed by atoms with Crippen LogP contribution in [0, 0.1) is 13.8 Å². The van der Waals surface area contributed by atoms with Crippen molar-refractivity contribution in [2.24, 2.45) is 0 Å². The molecule has 0 aliphatic carbocycles. The Kier molecular flexibility index (Phi) is 6.81. The lowest BCUT2D eigenvalue weighted by Gasteiger charge is -2.31. The normalized spacial score (nSPS) is 20.9. The number of ether oxygens (including phenoxy) is 2. The van der Waals surface area contributed by atoms with Crippen LogP contribution in [0.1, 0.15) is 28.3 Å². The third-order valence-corrected chi connectivity index (χ3v) is 6.36. The third-order valence-electron chi connectivity index (χ3n) is 6.36. The molecule has 2 aliphatic heterocycles. The number of methoxy groups -OCH3 is 1. The number of aliphatic hydroxyl groups excluding tert-OH is 1. The summed E-state index contributed by atoms with van der Waals surface area (Å²) in [6.07, 6.45) is 0. The van der Waals surface area contributed by atoms with Crippen molar-refractivity contribution in [2.45, 2.75) is 19.9 Å². The highest BCUT2D eigenvalue weighted by Gasteiger charge is 2.46. The number of hydrogen-bond acceptors (Lipinski definition) is 6. The Morgan fingerprint density at radius 3 is 2.39 bits per heavy atom. The second-order valence-corrected chi connectivity index (χ2v) is 8.54. The number of likely N-dealkylation sites (tertiary alicyclic amines) is 1. The van der Waals surface area contributed by atoms with Crippen LogP contribution in [0.25, 0.3) is 5.76 Å². The molecule has 0 spiro atoms. The topological polar surface area (TPSA) is 79.3 Å². The molecular weight excluding hydrogens is 420 g/mol. The summed E-state index contributed by atoms with van der Waals surface area (Å²) in [4.78, 5) is 30.1. The van der Waals surface area contributed by atoms with Crippen molar-refractivity contribution in [1.82, 2.24) is 9.80 Å². The highest BCUT2D eigenvalue weighted by Crippen LogP contribution is 2.39. The van der Waals surface area contributed by atoms with E-state index in [0.717, 1.165) is 29.8 Å². The van der Waals surface area contributed by atoms with Gasteiger partial charge in [-0.1, -0.05) is 29.8 Å². The number of carbonyl (C=O) groups excluding carboxylic acids is 2. The highest BCUT2D eigenvalue weighted by atomic mass is 16.5. The van der Waals surface area contributed by atoms with Crippen molar-refractivity contribution in [3.63, 3.8) is 0 Å². The average Bonchev–Trinajstić information content (AvgIpc) is 3.08. The monoisotopic (exact) mass is 450 g/mol. The van der Waals surface area contributed by atoms with E-state index in [2.05, 4.69) is 4.90 Å². The Morgan fingerprint density at radius 2 is 1.76 bits per heavy atom. The van der Waals surface area contributed by atoms with Crippen LogP contribution in [0.2, 0.25) is 0 Å². The molecule has 0 saturated carbocycles. The maximum Gasteiger partial charge on any atom is 0.295 e. The summed E-state index contributed by atoms with van der Waals surface area (Å²) >= 11 is 0. The molecule has 1 atom stereocenters. The van der Waals surface area contributed by atoms with Crippen LogP contribution in [0.15, 0.2) is 48.0 Å². The lowest BCUT2D eigenvalue weighted by Crippen LogP contribution is -2.42. The minimum absolute atomic E-state index is 0.121. The quantitative estimate of drug-likeness (QED) is 0.414. The van der Waals surface area contributed by atoms with E-state index < -0.39 is 17.7 Å². The molecule has 1 amide bonds. The van der Waals surface area contributed by atoms with Gasteiger partial charge in [-0.2, -0.15) is 0 Å². The van der Waals surface area contributed by atoms with Crippen molar-refractivity contribution in [3.8, 4) is 5.75 Å². The summed E-state index contributed by atoms with van der Waals surface area (Å²) in [7, 11) is 1.58. The summed E-state index contributed by atoms with van der Waals surface area (Å²) in [6, 6.07) is 12.3. The number of hydrogen-bond donors (Lipinski definition) is 1. The summed E-state index contributed by atoms with van der Waals surface area (Å²) in [5, 5.41) is 11.2. The molecule has 2 fully saturated rings. The van der Waals surface area contributed by atoms with Crippen LogP contribution >= 0.6 is 0 Å². The standard InChI is InChI=1S/C26H30N2O5/c1-17-4-6-19(7-5-17)23-22(24(29)20-8-9-21(32-3)18(2)16-20)25(30)26(31)28(23)11-10-27-12-14-33-15-13-27/h4-9,16,23,29H,10-15H2,1-3H3/t23-/m1/s1. The fourth-order valence-electron chi connectivity index (χ4n) is 4.46. The van der Waals surface area contributed by atoms with Crippen molar-refractivity contribution in [1.29, 1.82) is 0 Å². The van der Waals surface area contributed by atoms with Gasteiger partial charge in [0.25, 0.3) is 11.7 Å². The second kappa shape index (κ2) is 9.77. The molecule has 0 unspecified atom stereocenters. The highest BCUT2D eigenvalue weighted by molar-refractivity contribution is 6.46. The predicted molar refractivity (Wildman–Crippen MR) is 125 cm³/mol. The lowest BCUT2D eigenvalue weighted by molar-refractivity contribution is -0.140. The Labute approximate surface area is 194 Å². The number of carbonyl (C=O) groups is 2. The number of amides is 1. The minimum Gasteiger partial charge on any atom is -0.507 e. The number of aryl methyl sites for hydroxylation is 2. The Morgan fingerprint density at radius 1 is 1.06 bits per heavy atom. The maximum atomic E-state index is 13.2. The van der Waals surface area contributed by atoms with Crippen LogP contribution in [0.4, 0.5) is 0 Å². The van der Waals surface area contributed by atoms with Gasteiger partial charge in [0.1, 0.15) is 11.5 Å². The zero-order chi connectivity index (χ0) is 23.5. The molecule has 2 aromatic rings. The molecule has 2 heterocycles. The molecule has 2 saturated heterocycles. The fraction of sp³-hybridized carbons (Fsp3) is 0.385. The first-order valence-electron chi connectivity index (χ1n) is 11.2.